The van der Waals surface area contributed by atoms with Crippen LogP contribution in [0.1, 0.15) is 37.8 Å². The van der Waals surface area contributed by atoms with Crippen LogP contribution in [0.2, 0.25) is 0 Å². The van der Waals surface area contributed by atoms with E-state index in [4.69, 9.17) is 0 Å². The lowest BCUT2D eigenvalue weighted by molar-refractivity contribution is -0.140. The van der Waals surface area contributed by atoms with E-state index in [2.05, 4.69) is 5.32 Å². The number of benzene rings is 3. The van der Waals surface area contributed by atoms with E-state index < -0.39 is 34.3 Å². The minimum Gasteiger partial charge on any atom is -0.354 e. The van der Waals surface area contributed by atoms with Crippen molar-refractivity contribution in [2.45, 2.75) is 56.0 Å². The number of anilines is 1. The molecule has 0 aliphatic rings. The molecule has 0 unspecified atom stereocenters. The van der Waals surface area contributed by atoms with E-state index in [9.17, 15) is 22.4 Å². The average molecular weight is 586 g/mol. The summed E-state index contributed by atoms with van der Waals surface area (Å²) in [5.74, 6) is -1.29. The molecule has 2 amide bonds. The summed E-state index contributed by atoms with van der Waals surface area (Å²) in [7, 11) is -4.14. The van der Waals surface area contributed by atoms with E-state index in [1.165, 1.54) is 40.9 Å². The number of hydrogen-bond donors (Lipinski definition) is 1. The van der Waals surface area contributed by atoms with E-state index in [0.717, 1.165) is 21.2 Å². The second-order valence-electron chi connectivity index (χ2n) is 9.39. The lowest BCUT2D eigenvalue weighted by Crippen LogP contribution is -2.52. The zero-order valence-corrected chi connectivity index (χ0v) is 24.9. The fourth-order valence-electron chi connectivity index (χ4n) is 4.19. The summed E-state index contributed by atoms with van der Waals surface area (Å²) in [5.41, 5.74) is 1.89. The van der Waals surface area contributed by atoms with Gasteiger partial charge in [-0.3, -0.25) is 13.9 Å². The number of amides is 2. The zero-order chi connectivity index (χ0) is 29.3. The van der Waals surface area contributed by atoms with Gasteiger partial charge in [-0.2, -0.15) is 0 Å². The first-order valence-corrected chi connectivity index (χ1v) is 15.8. The molecular formula is C30H36FN3O4S2. The number of carbonyl (C=O) groups is 2. The second kappa shape index (κ2) is 14.3. The van der Waals surface area contributed by atoms with Gasteiger partial charge in [0.25, 0.3) is 10.0 Å². The van der Waals surface area contributed by atoms with Crippen molar-refractivity contribution in [1.29, 1.82) is 0 Å². The molecule has 1 atom stereocenters. The second-order valence-corrected chi connectivity index (χ2v) is 12.1. The smallest absolute Gasteiger partial charge is 0.264 e. The van der Waals surface area contributed by atoms with Crippen LogP contribution in [0.25, 0.3) is 0 Å². The molecule has 7 nitrogen and oxygen atoms in total. The maximum Gasteiger partial charge on any atom is 0.264 e. The molecule has 0 bridgehead atoms. The summed E-state index contributed by atoms with van der Waals surface area (Å²) in [6, 6.07) is 18.2. The van der Waals surface area contributed by atoms with Crippen molar-refractivity contribution in [2.24, 2.45) is 0 Å². The monoisotopic (exact) mass is 585 g/mol. The molecule has 0 radical (unpaired) electrons. The van der Waals surface area contributed by atoms with Gasteiger partial charge in [-0.25, -0.2) is 12.8 Å². The standard InChI is InChI=1S/C30H36FN3O4S2/c1-5-19-32-30(36)28(6-2)33(20-23-9-11-24(31)12-10-23)29(35)21-34(25-13-7-22(3)8-14-25)40(37,38)27-17-15-26(39-4)16-18-27/h7-18,28H,5-6,19-21H2,1-4H3,(H,32,36)/t28-/m1/s1. The first-order chi connectivity index (χ1) is 19.1. The lowest BCUT2D eigenvalue weighted by Gasteiger charge is -2.33. The van der Waals surface area contributed by atoms with Crippen molar-refractivity contribution in [3.63, 3.8) is 0 Å². The third kappa shape index (κ3) is 7.85. The van der Waals surface area contributed by atoms with Crippen LogP contribution in [0, 0.1) is 12.7 Å². The molecule has 3 aromatic rings. The van der Waals surface area contributed by atoms with Crippen LogP contribution >= 0.6 is 11.8 Å². The van der Waals surface area contributed by atoms with E-state index >= 15 is 0 Å². The summed E-state index contributed by atoms with van der Waals surface area (Å²) >= 11 is 1.49. The summed E-state index contributed by atoms with van der Waals surface area (Å²) in [6.45, 7) is 5.56. The summed E-state index contributed by atoms with van der Waals surface area (Å²) in [6.07, 6.45) is 2.94. The number of sulfonamides is 1. The Kier molecular flexibility index (Phi) is 11.2. The highest BCUT2D eigenvalue weighted by Gasteiger charge is 2.33. The molecule has 0 aliphatic heterocycles. The Morgan fingerprint density at radius 1 is 0.950 bits per heavy atom. The van der Waals surface area contributed by atoms with Crippen molar-refractivity contribution in [3.05, 3.63) is 89.7 Å². The Labute approximate surface area is 240 Å². The van der Waals surface area contributed by atoms with Gasteiger partial charge in [0.05, 0.1) is 10.6 Å². The van der Waals surface area contributed by atoms with Crippen LogP contribution in [0.15, 0.2) is 82.6 Å². The van der Waals surface area contributed by atoms with Gasteiger partial charge >= 0.3 is 0 Å². The largest absolute Gasteiger partial charge is 0.354 e. The Balaban J connectivity index is 2.04. The van der Waals surface area contributed by atoms with E-state index in [-0.39, 0.29) is 17.3 Å². The first-order valence-electron chi connectivity index (χ1n) is 13.2. The van der Waals surface area contributed by atoms with Gasteiger partial charge in [0.1, 0.15) is 18.4 Å². The molecule has 40 heavy (non-hydrogen) atoms. The normalized spacial score (nSPS) is 12.0. The molecular weight excluding hydrogens is 549 g/mol. The number of thioether (sulfide) groups is 1. The third-order valence-corrected chi connectivity index (χ3v) is 8.98. The van der Waals surface area contributed by atoms with Gasteiger partial charge in [-0.15, -0.1) is 11.8 Å². The molecule has 3 aromatic carbocycles. The van der Waals surface area contributed by atoms with Crippen LogP contribution in [0.4, 0.5) is 10.1 Å². The molecule has 0 saturated carbocycles. The third-order valence-electron chi connectivity index (χ3n) is 6.45. The minimum absolute atomic E-state index is 0.0152. The van der Waals surface area contributed by atoms with Crippen molar-refractivity contribution >= 4 is 39.3 Å². The fourth-order valence-corrected chi connectivity index (χ4v) is 6.01. The zero-order valence-electron chi connectivity index (χ0n) is 23.3. The van der Waals surface area contributed by atoms with Crippen LogP contribution in [-0.4, -0.2) is 50.5 Å². The van der Waals surface area contributed by atoms with Crippen LogP contribution in [0.5, 0.6) is 0 Å². The predicted molar refractivity (Wildman–Crippen MR) is 158 cm³/mol. The molecule has 0 saturated heterocycles. The molecule has 0 spiro atoms. The molecule has 3 rings (SSSR count). The van der Waals surface area contributed by atoms with E-state index in [0.29, 0.717) is 24.2 Å². The molecule has 0 aromatic heterocycles. The minimum atomic E-state index is -4.14. The fraction of sp³-hybridized carbons (Fsp3) is 0.333. The number of aryl methyl sites for hydroxylation is 1. The SMILES string of the molecule is CCCNC(=O)[C@@H](CC)N(Cc1ccc(F)cc1)C(=O)CN(c1ccc(C)cc1)S(=O)(=O)c1ccc(SC)cc1. The number of carbonyl (C=O) groups excluding carboxylic acids is 2. The van der Waals surface area contributed by atoms with E-state index in [1.807, 2.05) is 20.1 Å². The number of nitrogens with zero attached hydrogens (tertiary/aromatic N) is 2. The Morgan fingerprint density at radius 3 is 2.12 bits per heavy atom. The van der Waals surface area contributed by atoms with Gasteiger partial charge in [0.2, 0.25) is 11.8 Å². The molecule has 10 heteroatoms. The summed E-state index contributed by atoms with van der Waals surface area (Å²) in [4.78, 5) is 29.4. The Morgan fingerprint density at radius 2 is 1.57 bits per heavy atom. The average Bonchev–Trinajstić information content (AvgIpc) is 2.96. The summed E-state index contributed by atoms with van der Waals surface area (Å²) in [5, 5.41) is 2.85. The van der Waals surface area contributed by atoms with Crippen LogP contribution < -0.4 is 9.62 Å². The first kappa shape index (κ1) is 31.2. The van der Waals surface area contributed by atoms with Crippen molar-refractivity contribution in [2.75, 3.05) is 23.7 Å². The van der Waals surface area contributed by atoms with Gasteiger partial charge in [-0.05, 0) is 80.1 Å². The number of halogens is 1. The highest BCUT2D eigenvalue weighted by molar-refractivity contribution is 7.98. The number of rotatable bonds is 13. The van der Waals surface area contributed by atoms with Gasteiger partial charge in [-0.1, -0.05) is 43.7 Å². The quantitative estimate of drug-likeness (QED) is 0.272. The van der Waals surface area contributed by atoms with Crippen molar-refractivity contribution in [3.8, 4) is 0 Å². The highest BCUT2D eigenvalue weighted by Crippen LogP contribution is 2.27. The maximum absolute atomic E-state index is 14.0. The number of nitrogens with one attached hydrogen (secondary N) is 1. The van der Waals surface area contributed by atoms with Gasteiger partial charge < -0.3 is 10.2 Å². The highest BCUT2D eigenvalue weighted by atomic mass is 32.2. The van der Waals surface area contributed by atoms with Gasteiger partial charge in [0, 0.05) is 18.0 Å². The molecule has 0 heterocycles. The predicted octanol–water partition coefficient (Wildman–Crippen LogP) is 5.38. The van der Waals surface area contributed by atoms with Crippen LogP contribution in [0.3, 0.4) is 0 Å². The van der Waals surface area contributed by atoms with Gasteiger partial charge in [0.15, 0.2) is 0 Å². The lowest BCUT2D eigenvalue weighted by atomic mass is 10.1. The molecule has 0 fully saturated rings. The van der Waals surface area contributed by atoms with Crippen LogP contribution in [-0.2, 0) is 26.2 Å². The van der Waals surface area contributed by atoms with Crippen molar-refractivity contribution in [1.82, 2.24) is 10.2 Å². The Bertz CT molecular complexity index is 1380. The number of hydrogen-bond acceptors (Lipinski definition) is 5. The van der Waals surface area contributed by atoms with E-state index in [1.54, 1.807) is 55.5 Å². The van der Waals surface area contributed by atoms with Crippen molar-refractivity contribution < 1.29 is 22.4 Å². The topological polar surface area (TPSA) is 86.8 Å². The molecule has 214 valence electrons. The maximum atomic E-state index is 14.0. The molecule has 1 N–H and O–H groups in total. The molecule has 0 aliphatic carbocycles. The summed E-state index contributed by atoms with van der Waals surface area (Å²) < 4.78 is 42.5. The Hall–Kier alpha value is -3.37.